The molecule has 6 heteroatoms. The Bertz CT molecular complexity index is 1190. The number of aryl methyl sites for hydroxylation is 1. The zero-order chi connectivity index (χ0) is 27.9. The van der Waals surface area contributed by atoms with Crippen molar-refractivity contribution in [3.63, 3.8) is 0 Å². The van der Waals surface area contributed by atoms with Gasteiger partial charge in [0.05, 0.1) is 11.0 Å². The molecule has 0 bridgehead atoms. The van der Waals surface area contributed by atoms with Crippen LogP contribution in [0.15, 0.2) is 42.5 Å². The zero-order valence-electron chi connectivity index (χ0n) is 25.1. The highest BCUT2D eigenvalue weighted by Gasteiger charge is 2.20. The molecule has 1 aliphatic rings. The van der Waals surface area contributed by atoms with Crippen molar-refractivity contribution >= 4 is 22.6 Å². The van der Waals surface area contributed by atoms with Crippen LogP contribution in [0.2, 0.25) is 0 Å². The number of imidazole rings is 1. The first-order valence-electron chi connectivity index (χ1n) is 15.0. The van der Waals surface area contributed by atoms with Gasteiger partial charge in [-0.3, -0.25) is 4.79 Å². The van der Waals surface area contributed by atoms with E-state index in [1.807, 2.05) is 12.1 Å². The molecule has 2 heterocycles. The lowest BCUT2D eigenvalue weighted by Crippen LogP contribution is -2.34. The second-order valence-corrected chi connectivity index (χ2v) is 12.3. The number of nitrogens with zero attached hydrogens (tertiary/aromatic N) is 5. The fourth-order valence-electron chi connectivity index (χ4n) is 5.40. The van der Waals surface area contributed by atoms with Gasteiger partial charge in [-0.15, -0.1) is 0 Å². The molecule has 1 saturated heterocycles. The molecule has 0 unspecified atom stereocenters. The summed E-state index contributed by atoms with van der Waals surface area (Å²) in [5.41, 5.74) is 5.06. The van der Waals surface area contributed by atoms with Crippen molar-refractivity contribution in [3.05, 3.63) is 48.0 Å². The van der Waals surface area contributed by atoms with E-state index in [9.17, 15) is 4.79 Å². The van der Waals surface area contributed by atoms with Gasteiger partial charge in [0.25, 0.3) is 5.91 Å². The van der Waals surface area contributed by atoms with Gasteiger partial charge in [0.1, 0.15) is 5.82 Å². The van der Waals surface area contributed by atoms with Crippen molar-refractivity contribution < 1.29 is 4.79 Å². The van der Waals surface area contributed by atoms with Crippen molar-refractivity contribution in [2.45, 2.75) is 66.3 Å². The number of aromatic nitrogens is 2. The van der Waals surface area contributed by atoms with Crippen LogP contribution in [0.4, 0.5) is 5.69 Å². The maximum absolute atomic E-state index is 13.8. The van der Waals surface area contributed by atoms with Crippen molar-refractivity contribution in [3.8, 4) is 11.4 Å². The highest BCUT2D eigenvalue weighted by atomic mass is 16.2. The van der Waals surface area contributed by atoms with Crippen LogP contribution in [0.25, 0.3) is 22.4 Å². The van der Waals surface area contributed by atoms with E-state index in [0.717, 1.165) is 73.4 Å². The number of hydrogen-bond acceptors (Lipinski definition) is 4. The average molecular weight is 532 g/mol. The fourth-order valence-corrected chi connectivity index (χ4v) is 5.40. The minimum Gasteiger partial charge on any atom is -0.378 e. The maximum atomic E-state index is 13.8. The standard InChI is InChI=1S/C33H49N5O/c1-25(2)16-22-37(23-17-26(3)4)33(39)28-12-15-30-31(24-28)38(21-9-20-36-18-7-8-19-36)32(34-30)27-10-13-29(14-11-27)35(5)6/h10-15,24-26H,7-9,16-23H2,1-6H3. The molecule has 1 amide bonds. The number of carbonyl (C=O) groups excluding carboxylic acids is 1. The Balaban J connectivity index is 1.66. The van der Waals surface area contributed by atoms with E-state index >= 15 is 0 Å². The topological polar surface area (TPSA) is 44.6 Å². The molecule has 0 saturated carbocycles. The molecule has 0 N–H and O–H groups in total. The van der Waals surface area contributed by atoms with Crippen LogP contribution in [0.3, 0.4) is 0 Å². The van der Waals surface area contributed by atoms with E-state index in [0.29, 0.717) is 11.8 Å². The molecule has 0 spiro atoms. The lowest BCUT2D eigenvalue weighted by Gasteiger charge is -2.25. The predicted molar refractivity (Wildman–Crippen MR) is 165 cm³/mol. The number of likely N-dealkylation sites (tertiary alicyclic amines) is 1. The van der Waals surface area contributed by atoms with Crippen molar-refractivity contribution in [2.24, 2.45) is 11.8 Å². The van der Waals surface area contributed by atoms with Gasteiger partial charge < -0.3 is 19.3 Å². The number of carbonyl (C=O) groups is 1. The SMILES string of the molecule is CC(C)CCN(CCC(C)C)C(=O)c1ccc2nc(-c3ccc(N(C)C)cc3)n(CCCN3CCCC3)c2c1. The highest BCUT2D eigenvalue weighted by molar-refractivity contribution is 5.98. The minimum absolute atomic E-state index is 0.139. The first-order chi connectivity index (χ1) is 18.7. The van der Waals surface area contributed by atoms with E-state index in [2.05, 4.69) is 91.4 Å². The van der Waals surface area contributed by atoms with E-state index in [4.69, 9.17) is 4.98 Å². The number of benzene rings is 2. The summed E-state index contributed by atoms with van der Waals surface area (Å²) in [6.07, 6.45) is 5.74. The van der Waals surface area contributed by atoms with Gasteiger partial charge in [-0.1, -0.05) is 27.7 Å². The summed E-state index contributed by atoms with van der Waals surface area (Å²) in [6.45, 7) is 14.9. The first-order valence-corrected chi connectivity index (χ1v) is 15.0. The predicted octanol–water partition coefficient (Wildman–Crippen LogP) is 6.79. The Morgan fingerprint density at radius 3 is 2.13 bits per heavy atom. The number of hydrogen-bond donors (Lipinski definition) is 0. The third kappa shape index (κ3) is 7.63. The van der Waals surface area contributed by atoms with Crippen LogP contribution < -0.4 is 4.90 Å². The van der Waals surface area contributed by atoms with Crippen LogP contribution in [-0.4, -0.2) is 72.1 Å². The summed E-state index contributed by atoms with van der Waals surface area (Å²) in [5, 5.41) is 0. The fraction of sp³-hybridized carbons (Fsp3) is 0.576. The number of rotatable bonds is 13. The Morgan fingerprint density at radius 1 is 0.897 bits per heavy atom. The molecule has 0 radical (unpaired) electrons. The number of fused-ring (bicyclic) bond motifs is 1. The van der Waals surface area contributed by atoms with E-state index in [1.165, 1.54) is 31.6 Å². The molecule has 6 nitrogen and oxygen atoms in total. The molecular weight excluding hydrogens is 482 g/mol. The largest absolute Gasteiger partial charge is 0.378 e. The molecule has 212 valence electrons. The zero-order valence-corrected chi connectivity index (χ0v) is 25.1. The van der Waals surface area contributed by atoms with Gasteiger partial charge in [0.15, 0.2) is 0 Å². The minimum atomic E-state index is 0.139. The smallest absolute Gasteiger partial charge is 0.253 e. The van der Waals surface area contributed by atoms with Gasteiger partial charge in [-0.05, 0) is 106 Å². The third-order valence-corrected chi connectivity index (χ3v) is 7.93. The van der Waals surface area contributed by atoms with Crippen molar-refractivity contribution in [1.29, 1.82) is 0 Å². The molecule has 4 rings (SSSR count). The summed E-state index contributed by atoms with van der Waals surface area (Å²) < 4.78 is 2.35. The quantitative estimate of drug-likeness (QED) is 0.244. The van der Waals surface area contributed by atoms with E-state index < -0.39 is 0 Å². The molecule has 0 atom stereocenters. The molecule has 1 aromatic heterocycles. The second-order valence-electron chi connectivity index (χ2n) is 12.3. The normalized spacial score (nSPS) is 14.2. The third-order valence-electron chi connectivity index (χ3n) is 7.93. The van der Waals surface area contributed by atoms with Crippen LogP contribution in [0.1, 0.15) is 70.2 Å². The number of anilines is 1. The Hall–Kier alpha value is -2.86. The Kier molecular flexibility index (Phi) is 10.1. The molecule has 39 heavy (non-hydrogen) atoms. The van der Waals surface area contributed by atoms with Crippen LogP contribution in [0.5, 0.6) is 0 Å². The molecule has 0 aliphatic carbocycles. The van der Waals surface area contributed by atoms with Crippen molar-refractivity contribution in [1.82, 2.24) is 19.4 Å². The summed E-state index contributed by atoms with van der Waals surface area (Å²) in [7, 11) is 4.12. The summed E-state index contributed by atoms with van der Waals surface area (Å²) in [5.74, 6) is 2.26. The maximum Gasteiger partial charge on any atom is 0.253 e. The van der Waals surface area contributed by atoms with Crippen LogP contribution >= 0.6 is 0 Å². The van der Waals surface area contributed by atoms with Gasteiger partial charge in [0.2, 0.25) is 0 Å². The molecule has 2 aromatic carbocycles. The van der Waals surface area contributed by atoms with Gasteiger partial charge in [0, 0.05) is 50.5 Å². The molecule has 3 aromatic rings. The molecule has 1 aliphatic heterocycles. The average Bonchev–Trinajstić information content (AvgIpc) is 3.56. The van der Waals surface area contributed by atoms with E-state index in [1.54, 1.807) is 0 Å². The summed E-state index contributed by atoms with van der Waals surface area (Å²) in [6, 6.07) is 14.7. The van der Waals surface area contributed by atoms with Gasteiger partial charge >= 0.3 is 0 Å². The molecular formula is C33H49N5O. The monoisotopic (exact) mass is 531 g/mol. The summed E-state index contributed by atoms with van der Waals surface area (Å²) in [4.78, 5) is 25.6. The van der Waals surface area contributed by atoms with Crippen molar-refractivity contribution in [2.75, 3.05) is 51.7 Å². The first kappa shape index (κ1) is 29.1. The Labute approximate surface area is 236 Å². The highest BCUT2D eigenvalue weighted by Crippen LogP contribution is 2.28. The number of amides is 1. The van der Waals surface area contributed by atoms with Crippen LogP contribution in [-0.2, 0) is 6.54 Å². The van der Waals surface area contributed by atoms with Gasteiger partial charge in [-0.2, -0.15) is 0 Å². The second kappa shape index (κ2) is 13.5. The lowest BCUT2D eigenvalue weighted by molar-refractivity contribution is 0.0741. The lowest BCUT2D eigenvalue weighted by atomic mass is 10.1. The van der Waals surface area contributed by atoms with Crippen LogP contribution in [0, 0.1) is 11.8 Å². The summed E-state index contributed by atoms with van der Waals surface area (Å²) >= 11 is 0. The Morgan fingerprint density at radius 2 is 1.54 bits per heavy atom. The van der Waals surface area contributed by atoms with Gasteiger partial charge in [-0.25, -0.2) is 4.98 Å². The molecule has 1 fully saturated rings. The van der Waals surface area contributed by atoms with E-state index in [-0.39, 0.29) is 5.91 Å².